The zero-order chi connectivity index (χ0) is 16.7. The summed E-state index contributed by atoms with van der Waals surface area (Å²) in [5.74, 6) is 0.773. The number of benzene rings is 2. The highest BCUT2D eigenvalue weighted by molar-refractivity contribution is 5.55. The molecular formula is C19H23NO3. The van der Waals surface area contributed by atoms with Crippen LogP contribution >= 0.6 is 0 Å². The minimum atomic E-state index is -0.0713. The molecule has 0 amide bonds. The Morgan fingerprint density at radius 2 is 1.74 bits per heavy atom. The molecule has 2 aromatic carbocycles. The van der Waals surface area contributed by atoms with Gasteiger partial charge in [0.2, 0.25) is 0 Å². The monoisotopic (exact) mass is 313 g/mol. The van der Waals surface area contributed by atoms with Crippen LogP contribution in [0.1, 0.15) is 39.4 Å². The van der Waals surface area contributed by atoms with Crippen molar-refractivity contribution in [2.24, 2.45) is 0 Å². The highest BCUT2D eigenvalue weighted by atomic mass is 16.5. The summed E-state index contributed by atoms with van der Waals surface area (Å²) in [5, 5.41) is 23.2. The molecule has 3 rings (SSSR count). The molecule has 4 heteroatoms. The van der Waals surface area contributed by atoms with Gasteiger partial charge in [0.1, 0.15) is 5.75 Å². The number of phenolic OH excluding ortho intramolecular Hbond substituents is 2. The van der Waals surface area contributed by atoms with E-state index in [2.05, 4.69) is 32.2 Å². The Morgan fingerprint density at radius 1 is 1.04 bits per heavy atom. The molecule has 122 valence electrons. The quantitative estimate of drug-likeness (QED) is 0.745. The van der Waals surface area contributed by atoms with E-state index in [4.69, 9.17) is 4.74 Å². The summed E-state index contributed by atoms with van der Waals surface area (Å²) < 4.78 is 5.46. The lowest BCUT2D eigenvalue weighted by Gasteiger charge is -2.31. The third-order valence-corrected chi connectivity index (χ3v) is 4.91. The molecule has 0 aromatic heterocycles. The second-order valence-corrected chi connectivity index (χ2v) is 6.24. The van der Waals surface area contributed by atoms with Crippen LogP contribution in [0.25, 0.3) is 0 Å². The van der Waals surface area contributed by atoms with Gasteiger partial charge in [-0.15, -0.1) is 0 Å². The van der Waals surface area contributed by atoms with Crippen molar-refractivity contribution in [3.63, 3.8) is 0 Å². The molecule has 0 radical (unpaired) electrons. The Labute approximate surface area is 136 Å². The van der Waals surface area contributed by atoms with Crippen LogP contribution in [-0.2, 0) is 6.42 Å². The van der Waals surface area contributed by atoms with E-state index in [-0.39, 0.29) is 17.5 Å². The number of aromatic hydroxyl groups is 2. The molecule has 1 aliphatic heterocycles. The van der Waals surface area contributed by atoms with Crippen LogP contribution in [0.5, 0.6) is 17.2 Å². The molecule has 0 spiro atoms. The normalized spacial score (nSPS) is 17.0. The van der Waals surface area contributed by atoms with Gasteiger partial charge in [0.25, 0.3) is 0 Å². The molecule has 0 saturated carbocycles. The van der Waals surface area contributed by atoms with E-state index in [0.29, 0.717) is 0 Å². The number of ether oxygens (including phenoxy) is 1. The van der Waals surface area contributed by atoms with Gasteiger partial charge in [-0.3, -0.25) is 0 Å². The summed E-state index contributed by atoms with van der Waals surface area (Å²) >= 11 is 0. The Balaban J connectivity index is 2.19. The lowest BCUT2D eigenvalue weighted by Crippen LogP contribution is -2.31. The fourth-order valence-corrected chi connectivity index (χ4v) is 3.56. The van der Waals surface area contributed by atoms with Gasteiger partial charge in [0.05, 0.1) is 13.2 Å². The number of fused-ring (bicyclic) bond motifs is 1. The lowest BCUT2D eigenvalue weighted by molar-refractivity contribution is 0.400. The van der Waals surface area contributed by atoms with Crippen molar-refractivity contribution in [1.29, 1.82) is 0 Å². The van der Waals surface area contributed by atoms with Crippen LogP contribution in [0, 0.1) is 20.8 Å². The first-order valence-corrected chi connectivity index (χ1v) is 7.86. The summed E-state index contributed by atoms with van der Waals surface area (Å²) in [6, 6.07) is 5.43. The summed E-state index contributed by atoms with van der Waals surface area (Å²) in [6.45, 7) is 7.10. The summed E-state index contributed by atoms with van der Waals surface area (Å²) in [4.78, 5) is 0. The van der Waals surface area contributed by atoms with E-state index in [1.54, 1.807) is 19.2 Å². The van der Waals surface area contributed by atoms with Crippen molar-refractivity contribution in [2.75, 3.05) is 13.7 Å². The lowest BCUT2D eigenvalue weighted by atomic mass is 9.84. The maximum atomic E-state index is 9.92. The molecule has 2 aromatic rings. The predicted molar refractivity (Wildman–Crippen MR) is 90.5 cm³/mol. The van der Waals surface area contributed by atoms with Gasteiger partial charge >= 0.3 is 0 Å². The Bertz CT molecular complexity index is 768. The number of hydrogen-bond donors (Lipinski definition) is 3. The highest BCUT2D eigenvalue weighted by Gasteiger charge is 2.26. The first-order valence-electron chi connectivity index (χ1n) is 7.86. The van der Waals surface area contributed by atoms with E-state index in [1.165, 1.54) is 11.1 Å². The third kappa shape index (κ3) is 2.53. The molecule has 1 heterocycles. The van der Waals surface area contributed by atoms with Crippen LogP contribution in [0.2, 0.25) is 0 Å². The standard InChI is InChI=1S/C19H23NO3/c1-10-7-17(23-4)11(2)12(3)18(10)19-14-9-16(22)15(21)8-13(14)5-6-20-19/h7-9,19-22H,5-6H2,1-4H3. The van der Waals surface area contributed by atoms with Gasteiger partial charge in [0.15, 0.2) is 11.5 Å². The molecule has 1 aliphatic rings. The molecule has 0 fully saturated rings. The van der Waals surface area contributed by atoms with Gasteiger partial charge < -0.3 is 20.3 Å². The number of methoxy groups -OCH3 is 1. The molecule has 23 heavy (non-hydrogen) atoms. The molecule has 1 atom stereocenters. The number of hydrogen-bond acceptors (Lipinski definition) is 4. The van der Waals surface area contributed by atoms with E-state index >= 15 is 0 Å². The first kappa shape index (κ1) is 15.7. The zero-order valence-electron chi connectivity index (χ0n) is 14.0. The smallest absolute Gasteiger partial charge is 0.157 e. The zero-order valence-corrected chi connectivity index (χ0v) is 14.0. The predicted octanol–water partition coefficient (Wildman–Crippen LogP) is 3.27. The number of nitrogens with one attached hydrogen (secondary N) is 1. The van der Waals surface area contributed by atoms with Gasteiger partial charge in [-0.2, -0.15) is 0 Å². The van der Waals surface area contributed by atoms with Crippen LogP contribution in [-0.4, -0.2) is 23.9 Å². The van der Waals surface area contributed by atoms with Gasteiger partial charge in [-0.25, -0.2) is 0 Å². The summed E-state index contributed by atoms with van der Waals surface area (Å²) in [6.07, 6.45) is 0.840. The highest BCUT2D eigenvalue weighted by Crippen LogP contribution is 2.40. The molecule has 0 bridgehead atoms. The number of aryl methyl sites for hydroxylation is 1. The Morgan fingerprint density at radius 3 is 2.43 bits per heavy atom. The summed E-state index contributed by atoms with van der Waals surface area (Å²) in [5.41, 5.74) is 6.81. The Hall–Kier alpha value is -2.20. The molecule has 0 saturated heterocycles. The maximum Gasteiger partial charge on any atom is 0.157 e. The van der Waals surface area contributed by atoms with Crippen LogP contribution < -0.4 is 10.1 Å². The van der Waals surface area contributed by atoms with Crippen molar-refractivity contribution < 1.29 is 14.9 Å². The van der Waals surface area contributed by atoms with Crippen LogP contribution in [0.4, 0.5) is 0 Å². The average molecular weight is 313 g/mol. The molecule has 4 nitrogen and oxygen atoms in total. The minimum absolute atomic E-state index is 0.00913. The first-order chi connectivity index (χ1) is 10.9. The van der Waals surface area contributed by atoms with Crippen molar-refractivity contribution in [2.45, 2.75) is 33.2 Å². The Kier molecular flexibility index (Phi) is 3.94. The largest absolute Gasteiger partial charge is 0.504 e. The SMILES string of the molecule is COc1cc(C)c(C2NCCc3cc(O)c(O)cc32)c(C)c1C. The van der Waals surface area contributed by atoms with E-state index in [0.717, 1.165) is 41.0 Å². The van der Waals surface area contributed by atoms with Crippen molar-refractivity contribution in [1.82, 2.24) is 5.32 Å². The van der Waals surface area contributed by atoms with Gasteiger partial charge in [0, 0.05) is 6.54 Å². The van der Waals surface area contributed by atoms with Gasteiger partial charge in [-0.05, 0) is 78.8 Å². The minimum Gasteiger partial charge on any atom is -0.504 e. The number of phenols is 2. The van der Waals surface area contributed by atoms with Gasteiger partial charge in [-0.1, -0.05) is 0 Å². The second-order valence-electron chi connectivity index (χ2n) is 6.24. The van der Waals surface area contributed by atoms with Crippen LogP contribution in [0.3, 0.4) is 0 Å². The second kappa shape index (κ2) is 5.78. The fourth-order valence-electron chi connectivity index (χ4n) is 3.56. The maximum absolute atomic E-state index is 9.92. The topological polar surface area (TPSA) is 61.7 Å². The molecule has 1 unspecified atom stereocenters. The number of rotatable bonds is 2. The average Bonchev–Trinajstić information content (AvgIpc) is 2.52. The van der Waals surface area contributed by atoms with E-state index in [1.807, 2.05) is 0 Å². The summed E-state index contributed by atoms with van der Waals surface area (Å²) in [7, 11) is 1.69. The van der Waals surface area contributed by atoms with Crippen LogP contribution in [0.15, 0.2) is 18.2 Å². The molecule has 3 N–H and O–H groups in total. The molecule has 0 aliphatic carbocycles. The van der Waals surface area contributed by atoms with Crippen molar-refractivity contribution >= 4 is 0 Å². The van der Waals surface area contributed by atoms with E-state index < -0.39 is 0 Å². The van der Waals surface area contributed by atoms with Crippen molar-refractivity contribution in [3.8, 4) is 17.2 Å². The van der Waals surface area contributed by atoms with E-state index in [9.17, 15) is 10.2 Å². The third-order valence-electron chi connectivity index (χ3n) is 4.91. The molecular weight excluding hydrogens is 290 g/mol. The van der Waals surface area contributed by atoms with Crippen molar-refractivity contribution in [3.05, 3.63) is 51.6 Å². The fraction of sp³-hybridized carbons (Fsp3) is 0.368.